The SMILES string of the molecule is CNc1cccc(NCCCn2ccnn2)c1[N+](=O)[O-]. The number of aromatic nitrogens is 3. The zero-order chi connectivity index (χ0) is 14.4. The molecule has 0 saturated carbocycles. The number of nitro benzene ring substituents is 1. The van der Waals surface area contributed by atoms with Crippen molar-refractivity contribution in [3.05, 3.63) is 40.7 Å². The molecule has 0 atom stereocenters. The van der Waals surface area contributed by atoms with Gasteiger partial charge >= 0.3 is 5.69 Å². The van der Waals surface area contributed by atoms with E-state index in [4.69, 9.17) is 0 Å². The van der Waals surface area contributed by atoms with Gasteiger partial charge in [0.2, 0.25) is 0 Å². The van der Waals surface area contributed by atoms with Gasteiger partial charge in [-0.2, -0.15) is 0 Å². The van der Waals surface area contributed by atoms with E-state index in [0.29, 0.717) is 24.5 Å². The summed E-state index contributed by atoms with van der Waals surface area (Å²) in [4.78, 5) is 10.7. The van der Waals surface area contributed by atoms with Gasteiger partial charge in [-0.15, -0.1) is 5.10 Å². The summed E-state index contributed by atoms with van der Waals surface area (Å²) >= 11 is 0. The lowest BCUT2D eigenvalue weighted by Crippen LogP contribution is -2.09. The molecule has 0 aliphatic rings. The van der Waals surface area contributed by atoms with Crippen LogP contribution in [0.4, 0.5) is 17.1 Å². The van der Waals surface area contributed by atoms with Crippen molar-refractivity contribution < 1.29 is 4.92 Å². The summed E-state index contributed by atoms with van der Waals surface area (Å²) < 4.78 is 1.72. The molecule has 1 aromatic carbocycles. The van der Waals surface area contributed by atoms with Crippen LogP contribution in [-0.4, -0.2) is 33.5 Å². The first-order valence-electron chi connectivity index (χ1n) is 6.25. The van der Waals surface area contributed by atoms with Crippen LogP contribution in [0.25, 0.3) is 0 Å². The van der Waals surface area contributed by atoms with Gasteiger partial charge in [-0.05, 0) is 18.6 Å². The lowest BCUT2D eigenvalue weighted by molar-refractivity contribution is -0.383. The van der Waals surface area contributed by atoms with E-state index in [0.717, 1.165) is 6.42 Å². The molecule has 1 aromatic heterocycles. The highest BCUT2D eigenvalue weighted by molar-refractivity contribution is 5.75. The van der Waals surface area contributed by atoms with Crippen LogP contribution >= 0.6 is 0 Å². The van der Waals surface area contributed by atoms with Crippen molar-refractivity contribution in [1.82, 2.24) is 15.0 Å². The molecule has 0 aliphatic carbocycles. The number of para-hydroxylation sites is 1. The minimum absolute atomic E-state index is 0.0655. The molecule has 0 bridgehead atoms. The first-order valence-corrected chi connectivity index (χ1v) is 6.25. The van der Waals surface area contributed by atoms with Crippen LogP contribution in [0.2, 0.25) is 0 Å². The van der Waals surface area contributed by atoms with E-state index in [2.05, 4.69) is 20.9 Å². The third-order valence-electron chi connectivity index (χ3n) is 2.84. The number of rotatable bonds is 7. The second-order valence-electron chi connectivity index (χ2n) is 4.16. The predicted molar refractivity (Wildman–Crippen MR) is 75.8 cm³/mol. The summed E-state index contributed by atoms with van der Waals surface area (Å²) in [5.41, 5.74) is 1.08. The molecular weight excluding hydrogens is 260 g/mol. The summed E-state index contributed by atoms with van der Waals surface area (Å²) in [5, 5.41) is 24.6. The van der Waals surface area contributed by atoms with Crippen molar-refractivity contribution in [3.63, 3.8) is 0 Å². The lowest BCUT2D eigenvalue weighted by atomic mass is 10.2. The highest BCUT2D eigenvalue weighted by atomic mass is 16.6. The smallest absolute Gasteiger partial charge is 0.315 e. The Balaban J connectivity index is 1.96. The minimum atomic E-state index is -0.383. The number of nitrogens with zero attached hydrogens (tertiary/aromatic N) is 4. The van der Waals surface area contributed by atoms with Crippen molar-refractivity contribution in [3.8, 4) is 0 Å². The number of anilines is 2. The Labute approximate surface area is 115 Å². The van der Waals surface area contributed by atoms with Gasteiger partial charge in [0.15, 0.2) is 0 Å². The molecule has 2 aromatic rings. The molecule has 0 fully saturated rings. The Morgan fingerprint density at radius 1 is 1.40 bits per heavy atom. The minimum Gasteiger partial charge on any atom is -0.382 e. The van der Waals surface area contributed by atoms with Crippen LogP contribution in [0.15, 0.2) is 30.6 Å². The Bertz CT molecular complexity index is 569. The molecule has 1 heterocycles. The van der Waals surface area contributed by atoms with Gasteiger partial charge in [0, 0.05) is 26.3 Å². The van der Waals surface area contributed by atoms with Gasteiger partial charge in [0.25, 0.3) is 0 Å². The van der Waals surface area contributed by atoms with Crippen LogP contribution < -0.4 is 10.6 Å². The Kier molecular flexibility index (Phi) is 4.48. The van der Waals surface area contributed by atoms with Crippen molar-refractivity contribution in [2.45, 2.75) is 13.0 Å². The maximum atomic E-state index is 11.1. The van der Waals surface area contributed by atoms with Crippen LogP contribution in [0.3, 0.4) is 0 Å². The molecule has 0 aliphatic heterocycles. The number of benzene rings is 1. The summed E-state index contributed by atoms with van der Waals surface area (Å²) in [7, 11) is 1.66. The third kappa shape index (κ3) is 3.22. The standard InChI is InChI=1S/C12H16N6O2/c1-13-10-4-2-5-11(12(10)18(19)20)14-6-3-8-17-9-7-15-16-17/h2,4-5,7,9,13-14H,3,6,8H2,1H3. The van der Waals surface area contributed by atoms with Crippen LogP contribution in [0, 0.1) is 10.1 Å². The Hall–Kier alpha value is -2.64. The summed E-state index contributed by atoms with van der Waals surface area (Å²) in [5.74, 6) is 0. The number of nitrogens with one attached hydrogen (secondary N) is 2. The van der Waals surface area contributed by atoms with E-state index < -0.39 is 0 Å². The average Bonchev–Trinajstić information content (AvgIpc) is 2.96. The van der Waals surface area contributed by atoms with Crippen molar-refractivity contribution in [2.75, 3.05) is 24.2 Å². The average molecular weight is 276 g/mol. The maximum absolute atomic E-state index is 11.1. The van der Waals surface area contributed by atoms with Crippen molar-refractivity contribution in [2.24, 2.45) is 0 Å². The molecule has 0 amide bonds. The van der Waals surface area contributed by atoms with Gasteiger partial charge in [-0.3, -0.25) is 14.8 Å². The van der Waals surface area contributed by atoms with E-state index in [-0.39, 0.29) is 10.6 Å². The molecule has 8 nitrogen and oxygen atoms in total. The second kappa shape index (κ2) is 6.50. The van der Waals surface area contributed by atoms with Crippen molar-refractivity contribution in [1.29, 1.82) is 0 Å². The monoisotopic (exact) mass is 276 g/mol. The van der Waals surface area contributed by atoms with Gasteiger partial charge in [-0.25, -0.2) is 0 Å². The second-order valence-corrected chi connectivity index (χ2v) is 4.16. The van der Waals surface area contributed by atoms with E-state index in [1.165, 1.54) is 0 Å². The van der Waals surface area contributed by atoms with E-state index in [1.807, 2.05) is 0 Å². The summed E-state index contributed by atoms with van der Waals surface area (Å²) in [6, 6.07) is 5.16. The van der Waals surface area contributed by atoms with Crippen LogP contribution in [0.5, 0.6) is 0 Å². The Morgan fingerprint density at radius 3 is 2.85 bits per heavy atom. The molecule has 106 valence electrons. The first kappa shape index (κ1) is 13.8. The quantitative estimate of drug-likeness (QED) is 0.454. The number of aryl methyl sites for hydroxylation is 1. The molecule has 0 unspecified atom stereocenters. The van der Waals surface area contributed by atoms with E-state index in [1.54, 1.807) is 42.3 Å². The zero-order valence-electron chi connectivity index (χ0n) is 11.1. The molecule has 20 heavy (non-hydrogen) atoms. The van der Waals surface area contributed by atoms with Gasteiger partial charge in [-0.1, -0.05) is 11.3 Å². The highest BCUT2D eigenvalue weighted by Crippen LogP contribution is 2.32. The maximum Gasteiger partial charge on any atom is 0.315 e. The topological polar surface area (TPSA) is 97.9 Å². The van der Waals surface area contributed by atoms with Gasteiger partial charge in [0.1, 0.15) is 11.4 Å². The predicted octanol–water partition coefficient (Wildman–Crippen LogP) is 1.73. The molecule has 2 rings (SSSR count). The lowest BCUT2D eigenvalue weighted by Gasteiger charge is -2.09. The number of hydrogen-bond acceptors (Lipinski definition) is 6. The Morgan fingerprint density at radius 2 is 2.20 bits per heavy atom. The first-order chi connectivity index (χ1) is 9.72. The number of nitro groups is 1. The molecule has 8 heteroatoms. The highest BCUT2D eigenvalue weighted by Gasteiger charge is 2.18. The van der Waals surface area contributed by atoms with Gasteiger partial charge in [0.05, 0.1) is 11.1 Å². The largest absolute Gasteiger partial charge is 0.382 e. The normalized spacial score (nSPS) is 10.2. The molecule has 0 spiro atoms. The molecule has 0 radical (unpaired) electrons. The fourth-order valence-electron chi connectivity index (χ4n) is 1.90. The van der Waals surface area contributed by atoms with Crippen LogP contribution in [0.1, 0.15) is 6.42 Å². The fraction of sp³-hybridized carbons (Fsp3) is 0.333. The van der Waals surface area contributed by atoms with Gasteiger partial charge < -0.3 is 10.6 Å². The van der Waals surface area contributed by atoms with Crippen LogP contribution in [-0.2, 0) is 6.54 Å². The number of hydrogen-bond donors (Lipinski definition) is 2. The molecule has 2 N–H and O–H groups in total. The zero-order valence-corrected chi connectivity index (χ0v) is 11.1. The summed E-state index contributed by atoms with van der Waals surface area (Å²) in [6.45, 7) is 1.33. The molecular formula is C12H16N6O2. The van der Waals surface area contributed by atoms with E-state index in [9.17, 15) is 10.1 Å². The fourth-order valence-corrected chi connectivity index (χ4v) is 1.90. The third-order valence-corrected chi connectivity index (χ3v) is 2.84. The molecule has 0 saturated heterocycles. The van der Waals surface area contributed by atoms with E-state index >= 15 is 0 Å². The van der Waals surface area contributed by atoms with Crippen molar-refractivity contribution >= 4 is 17.1 Å². The summed E-state index contributed by atoms with van der Waals surface area (Å²) in [6.07, 6.45) is 4.20.